The molecular weight excluding hydrogens is 366 g/mol. The third-order valence-electron chi connectivity index (χ3n) is 4.90. The van der Waals surface area contributed by atoms with Crippen LogP contribution in [0.1, 0.15) is 36.8 Å². The number of nitrogens with one attached hydrogen (secondary N) is 1. The molecule has 1 saturated carbocycles. The Morgan fingerprint density at radius 3 is 2.33 bits per heavy atom. The van der Waals surface area contributed by atoms with Crippen LogP contribution < -0.4 is 5.32 Å². The highest BCUT2D eigenvalue weighted by Crippen LogP contribution is 2.44. The SMILES string of the molecule is O=C(NCCCc1ccc(O)cc1)C1(c2ccc(Br)cc2)CCC1. The molecule has 0 bridgehead atoms. The van der Waals surface area contributed by atoms with Gasteiger partial charge in [0.15, 0.2) is 0 Å². The summed E-state index contributed by atoms with van der Waals surface area (Å²) in [5, 5.41) is 12.4. The Kier molecular flexibility index (Phi) is 5.24. The maximum atomic E-state index is 12.7. The van der Waals surface area contributed by atoms with E-state index in [1.807, 2.05) is 24.3 Å². The number of phenolic OH excluding ortho intramolecular Hbond substituents is 1. The average molecular weight is 388 g/mol. The van der Waals surface area contributed by atoms with E-state index in [0.29, 0.717) is 6.54 Å². The van der Waals surface area contributed by atoms with E-state index < -0.39 is 0 Å². The Morgan fingerprint density at radius 2 is 1.75 bits per heavy atom. The summed E-state index contributed by atoms with van der Waals surface area (Å²) in [5.74, 6) is 0.440. The average Bonchev–Trinajstić information content (AvgIpc) is 2.54. The summed E-state index contributed by atoms with van der Waals surface area (Å²) in [6, 6.07) is 15.4. The number of hydrogen-bond donors (Lipinski definition) is 2. The Labute approximate surface area is 151 Å². The number of benzene rings is 2. The molecule has 2 aromatic carbocycles. The molecule has 1 fully saturated rings. The lowest BCUT2D eigenvalue weighted by atomic mass is 9.64. The van der Waals surface area contributed by atoms with Crippen molar-refractivity contribution in [2.75, 3.05) is 6.54 Å². The van der Waals surface area contributed by atoms with E-state index in [-0.39, 0.29) is 17.1 Å². The van der Waals surface area contributed by atoms with Crippen LogP contribution in [-0.2, 0) is 16.6 Å². The van der Waals surface area contributed by atoms with Crippen molar-refractivity contribution in [2.45, 2.75) is 37.5 Å². The van der Waals surface area contributed by atoms with Gasteiger partial charge in [-0.25, -0.2) is 0 Å². The van der Waals surface area contributed by atoms with Crippen LogP contribution in [0.3, 0.4) is 0 Å². The van der Waals surface area contributed by atoms with Gasteiger partial charge >= 0.3 is 0 Å². The molecule has 0 spiro atoms. The molecule has 0 unspecified atom stereocenters. The van der Waals surface area contributed by atoms with Crippen molar-refractivity contribution in [2.24, 2.45) is 0 Å². The number of halogens is 1. The highest BCUT2D eigenvalue weighted by atomic mass is 79.9. The minimum atomic E-state index is -0.334. The summed E-state index contributed by atoms with van der Waals surface area (Å²) in [5.41, 5.74) is 1.96. The molecule has 3 nitrogen and oxygen atoms in total. The topological polar surface area (TPSA) is 49.3 Å². The van der Waals surface area contributed by atoms with Gasteiger partial charge in [0.1, 0.15) is 5.75 Å². The van der Waals surface area contributed by atoms with Gasteiger partial charge in [-0.15, -0.1) is 0 Å². The first-order valence-corrected chi connectivity index (χ1v) is 9.22. The maximum Gasteiger partial charge on any atom is 0.230 e. The van der Waals surface area contributed by atoms with Crippen molar-refractivity contribution < 1.29 is 9.90 Å². The van der Waals surface area contributed by atoms with E-state index in [0.717, 1.165) is 42.1 Å². The van der Waals surface area contributed by atoms with Gasteiger partial charge in [0.25, 0.3) is 0 Å². The van der Waals surface area contributed by atoms with Crippen LogP contribution in [-0.4, -0.2) is 17.6 Å². The van der Waals surface area contributed by atoms with Crippen molar-refractivity contribution >= 4 is 21.8 Å². The van der Waals surface area contributed by atoms with E-state index in [1.165, 1.54) is 5.56 Å². The lowest BCUT2D eigenvalue weighted by Crippen LogP contribution is -2.49. The van der Waals surface area contributed by atoms with Crippen LogP contribution >= 0.6 is 15.9 Å². The molecule has 0 aromatic heterocycles. The van der Waals surface area contributed by atoms with Crippen molar-refractivity contribution in [3.05, 3.63) is 64.1 Å². The number of carbonyl (C=O) groups is 1. The molecule has 4 heteroatoms. The van der Waals surface area contributed by atoms with E-state index in [4.69, 9.17) is 0 Å². The fourth-order valence-electron chi connectivity index (χ4n) is 3.27. The lowest BCUT2D eigenvalue weighted by Gasteiger charge is -2.40. The smallest absolute Gasteiger partial charge is 0.230 e. The Bertz CT molecular complexity index is 691. The minimum Gasteiger partial charge on any atom is -0.508 e. The highest BCUT2D eigenvalue weighted by Gasteiger charge is 2.45. The van der Waals surface area contributed by atoms with Crippen LogP contribution in [0.2, 0.25) is 0 Å². The normalized spacial score (nSPS) is 15.5. The molecule has 0 saturated heterocycles. The molecule has 0 radical (unpaired) electrons. The molecule has 24 heavy (non-hydrogen) atoms. The van der Waals surface area contributed by atoms with Gasteiger partial charge in [0, 0.05) is 11.0 Å². The summed E-state index contributed by atoms with van der Waals surface area (Å²) in [6.07, 6.45) is 4.76. The fourth-order valence-corrected chi connectivity index (χ4v) is 3.54. The summed E-state index contributed by atoms with van der Waals surface area (Å²) in [7, 11) is 0. The molecule has 3 rings (SSSR count). The Morgan fingerprint density at radius 1 is 1.08 bits per heavy atom. The van der Waals surface area contributed by atoms with Crippen molar-refractivity contribution in [1.82, 2.24) is 5.32 Å². The van der Waals surface area contributed by atoms with Crippen molar-refractivity contribution in [1.29, 1.82) is 0 Å². The number of aromatic hydroxyl groups is 1. The zero-order chi connectivity index (χ0) is 17.0. The van der Waals surface area contributed by atoms with Crippen LogP contribution in [0.15, 0.2) is 53.0 Å². The largest absolute Gasteiger partial charge is 0.508 e. The lowest BCUT2D eigenvalue weighted by molar-refractivity contribution is -0.129. The number of phenols is 1. The predicted molar refractivity (Wildman–Crippen MR) is 99.1 cm³/mol. The summed E-state index contributed by atoms with van der Waals surface area (Å²) >= 11 is 3.45. The summed E-state index contributed by atoms with van der Waals surface area (Å²) in [6.45, 7) is 0.679. The third kappa shape index (κ3) is 3.64. The van der Waals surface area contributed by atoms with Crippen LogP contribution in [0.25, 0.3) is 0 Å². The van der Waals surface area contributed by atoms with Crippen LogP contribution in [0.5, 0.6) is 5.75 Å². The minimum absolute atomic E-state index is 0.154. The second-order valence-corrected chi connectivity index (χ2v) is 7.38. The standard InChI is InChI=1S/C20H22BrNO2/c21-17-8-6-16(7-9-17)20(12-2-13-20)19(24)22-14-1-3-15-4-10-18(23)11-5-15/h4-11,23H,1-3,12-14H2,(H,22,24). The summed E-state index contributed by atoms with van der Waals surface area (Å²) in [4.78, 5) is 12.7. The van der Waals surface area contributed by atoms with Crippen molar-refractivity contribution in [3.8, 4) is 5.75 Å². The van der Waals surface area contributed by atoms with Gasteiger partial charge < -0.3 is 10.4 Å². The molecule has 1 aliphatic rings. The molecule has 2 aromatic rings. The van der Waals surface area contributed by atoms with Gasteiger partial charge in [-0.3, -0.25) is 4.79 Å². The molecule has 126 valence electrons. The molecule has 0 aliphatic heterocycles. The Balaban J connectivity index is 1.53. The molecule has 2 N–H and O–H groups in total. The number of carbonyl (C=O) groups excluding carboxylic acids is 1. The second-order valence-electron chi connectivity index (χ2n) is 6.47. The molecule has 1 amide bonds. The number of amides is 1. The van der Waals surface area contributed by atoms with Gasteiger partial charge in [0.2, 0.25) is 5.91 Å². The zero-order valence-corrected chi connectivity index (χ0v) is 15.2. The van der Waals surface area contributed by atoms with Gasteiger partial charge in [-0.2, -0.15) is 0 Å². The first-order valence-electron chi connectivity index (χ1n) is 8.42. The molecule has 0 heterocycles. The monoisotopic (exact) mass is 387 g/mol. The van der Waals surface area contributed by atoms with Crippen molar-refractivity contribution in [3.63, 3.8) is 0 Å². The van der Waals surface area contributed by atoms with E-state index in [1.54, 1.807) is 12.1 Å². The van der Waals surface area contributed by atoms with Gasteiger partial charge in [0.05, 0.1) is 5.41 Å². The highest BCUT2D eigenvalue weighted by molar-refractivity contribution is 9.10. The molecular formula is C20H22BrNO2. The van der Waals surface area contributed by atoms with E-state index >= 15 is 0 Å². The predicted octanol–water partition coefficient (Wildman–Crippen LogP) is 4.33. The first-order chi connectivity index (χ1) is 11.6. The fraction of sp³-hybridized carbons (Fsp3) is 0.350. The van der Waals surface area contributed by atoms with E-state index in [9.17, 15) is 9.90 Å². The molecule has 0 atom stereocenters. The maximum absolute atomic E-state index is 12.7. The third-order valence-corrected chi connectivity index (χ3v) is 5.43. The second kappa shape index (κ2) is 7.39. The summed E-state index contributed by atoms with van der Waals surface area (Å²) < 4.78 is 1.04. The number of hydrogen-bond acceptors (Lipinski definition) is 2. The molecule has 1 aliphatic carbocycles. The zero-order valence-electron chi connectivity index (χ0n) is 13.6. The number of aryl methyl sites for hydroxylation is 1. The van der Waals surface area contributed by atoms with Gasteiger partial charge in [-0.1, -0.05) is 46.6 Å². The van der Waals surface area contributed by atoms with Crippen LogP contribution in [0.4, 0.5) is 0 Å². The number of rotatable bonds is 6. The first kappa shape index (κ1) is 17.0. The van der Waals surface area contributed by atoms with Gasteiger partial charge in [-0.05, 0) is 61.1 Å². The van der Waals surface area contributed by atoms with Crippen LogP contribution in [0, 0.1) is 0 Å². The quantitative estimate of drug-likeness (QED) is 0.724. The Hall–Kier alpha value is -1.81. The van der Waals surface area contributed by atoms with E-state index in [2.05, 4.69) is 33.4 Å².